The predicted octanol–water partition coefficient (Wildman–Crippen LogP) is 1.08. The van der Waals surface area contributed by atoms with Gasteiger partial charge in [0.05, 0.1) is 6.04 Å². The number of carbonyl (C=O) groups excluding carboxylic acids is 1. The molecular formula is C14H20N2O3. The Morgan fingerprint density at radius 2 is 1.79 bits per heavy atom. The Balaban J connectivity index is 3.04. The van der Waals surface area contributed by atoms with Crippen molar-refractivity contribution in [2.24, 2.45) is 17.4 Å². The molecule has 104 valence electrons. The number of carboxylic acid groups (broad SMARTS) is 1. The van der Waals surface area contributed by atoms with Gasteiger partial charge in [0.1, 0.15) is 0 Å². The van der Waals surface area contributed by atoms with Crippen molar-refractivity contribution in [3.05, 3.63) is 35.9 Å². The van der Waals surface area contributed by atoms with Gasteiger partial charge in [-0.3, -0.25) is 4.79 Å². The molecule has 0 fully saturated rings. The third kappa shape index (κ3) is 3.39. The van der Waals surface area contributed by atoms with Crippen molar-refractivity contribution in [3.8, 4) is 0 Å². The largest absolute Gasteiger partial charge is 0.480 e. The Morgan fingerprint density at radius 3 is 2.21 bits per heavy atom. The Kier molecular flexibility index (Phi) is 4.80. The summed E-state index contributed by atoms with van der Waals surface area (Å²) in [7, 11) is 0. The van der Waals surface area contributed by atoms with Gasteiger partial charge in [0.15, 0.2) is 11.3 Å². The van der Waals surface area contributed by atoms with Crippen LogP contribution in [0.5, 0.6) is 0 Å². The quantitative estimate of drug-likeness (QED) is 0.667. The number of Topliss-reactive ketones (excluding diaryl/α,β-unsaturated/α-hetero) is 1. The molecule has 0 aliphatic heterocycles. The number of carboxylic acids is 1. The number of nitrogens with two attached hydrogens (primary N) is 2. The zero-order chi connectivity index (χ0) is 14.6. The molecule has 0 aliphatic rings. The second kappa shape index (κ2) is 5.95. The maximum Gasteiger partial charge on any atom is 0.331 e. The van der Waals surface area contributed by atoms with Crippen LogP contribution >= 0.6 is 0 Å². The highest BCUT2D eigenvalue weighted by Gasteiger charge is 2.45. The SMILES string of the molecule is CC(C)C[C@](N)(C(=O)O)C(=O)C(N)c1ccccc1. The van der Waals surface area contributed by atoms with Crippen LogP contribution in [0.3, 0.4) is 0 Å². The topological polar surface area (TPSA) is 106 Å². The smallest absolute Gasteiger partial charge is 0.331 e. The molecule has 0 bridgehead atoms. The van der Waals surface area contributed by atoms with Crippen LogP contribution in [-0.2, 0) is 9.59 Å². The van der Waals surface area contributed by atoms with E-state index in [2.05, 4.69) is 0 Å². The summed E-state index contributed by atoms with van der Waals surface area (Å²) in [6.07, 6.45) is 0.0572. The molecule has 0 spiro atoms. The molecule has 0 heterocycles. The van der Waals surface area contributed by atoms with Gasteiger partial charge in [0.25, 0.3) is 0 Å². The standard InChI is InChI=1S/C14H20N2O3/c1-9(2)8-14(16,13(18)19)12(17)11(15)10-6-4-3-5-7-10/h3-7,9,11H,8,15-16H2,1-2H3,(H,18,19)/t11?,14-/m1/s1. The highest BCUT2D eigenvalue weighted by Crippen LogP contribution is 2.23. The van der Waals surface area contributed by atoms with Crippen LogP contribution in [0.4, 0.5) is 0 Å². The molecule has 19 heavy (non-hydrogen) atoms. The third-order valence-corrected chi connectivity index (χ3v) is 2.99. The number of hydrogen-bond donors (Lipinski definition) is 3. The summed E-state index contributed by atoms with van der Waals surface area (Å²) in [6.45, 7) is 3.62. The maximum absolute atomic E-state index is 12.3. The fraction of sp³-hybridized carbons (Fsp3) is 0.429. The van der Waals surface area contributed by atoms with Crippen LogP contribution in [0, 0.1) is 5.92 Å². The first-order chi connectivity index (χ1) is 8.79. The zero-order valence-electron chi connectivity index (χ0n) is 11.2. The van der Waals surface area contributed by atoms with E-state index in [4.69, 9.17) is 11.5 Å². The Hall–Kier alpha value is -1.72. The summed E-state index contributed by atoms with van der Waals surface area (Å²) in [5.74, 6) is -2.02. The molecule has 5 nitrogen and oxygen atoms in total. The minimum Gasteiger partial charge on any atom is -0.480 e. The van der Waals surface area contributed by atoms with Gasteiger partial charge in [-0.05, 0) is 17.9 Å². The van der Waals surface area contributed by atoms with Crippen molar-refractivity contribution in [2.45, 2.75) is 31.8 Å². The number of benzene rings is 1. The molecule has 0 amide bonds. The molecule has 0 radical (unpaired) electrons. The van der Waals surface area contributed by atoms with E-state index in [-0.39, 0.29) is 12.3 Å². The van der Waals surface area contributed by atoms with E-state index in [1.54, 1.807) is 30.3 Å². The summed E-state index contributed by atoms with van der Waals surface area (Å²) in [6, 6.07) is 7.61. The molecule has 0 aliphatic carbocycles. The summed E-state index contributed by atoms with van der Waals surface area (Å²) in [4.78, 5) is 23.6. The normalized spacial score (nSPS) is 15.8. The van der Waals surface area contributed by atoms with Gasteiger partial charge in [-0.2, -0.15) is 0 Å². The van der Waals surface area contributed by atoms with Gasteiger partial charge < -0.3 is 16.6 Å². The molecule has 5 N–H and O–H groups in total. The minimum absolute atomic E-state index is 0.0203. The molecule has 0 aromatic heterocycles. The van der Waals surface area contributed by atoms with Crippen molar-refractivity contribution < 1.29 is 14.7 Å². The fourth-order valence-corrected chi connectivity index (χ4v) is 2.03. The van der Waals surface area contributed by atoms with E-state index < -0.39 is 23.3 Å². The van der Waals surface area contributed by atoms with Gasteiger partial charge in [-0.25, -0.2) is 4.79 Å². The van der Waals surface area contributed by atoms with Crippen LogP contribution in [0.25, 0.3) is 0 Å². The van der Waals surface area contributed by atoms with Crippen LogP contribution in [0.1, 0.15) is 31.9 Å². The lowest BCUT2D eigenvalue weighted by molar-refractivity contribution is -0.149. The van der Waals surface area contributed by atoms with Crippen LogP contribution in [-0.4, -0.2) is 22.4 Å². The molecular weight excluding hydrogens is 244 g/mol. The number of ketones is 1. The number of aliphatic carboxylic acids is 1. The molecule has 5 heteroatoms. The third-order valence-electron chi connectivity index (χ3n) is 2.99. The molecule has 0 saturated heterocycles. The highest BCUT2D eigenvalue weighted by atomic mass is 16.4. The predicted molar refractivity (Wildman–Crippen MR) is 72.4 cm³/mol. The molecule has 2 atom stereocenters. The van der Waals surface area contributed by atoms with Crippen LogP contribution in [0.2, 0.25) is 0 Å². The van der Waals surface area contributed by atoms with Crippen molar-refractivity contribution in [3.63, 3.8) is 0 Å². The van der Waals surface area contributed by atoms with Gasteiger partial charge >= 0.3 is 5.97 Å². The lowest BCUT2D eigenvalue weighted by atomic mass is 9.81. The van der Waals surface area contributed by atoms with E-state index in [0.29, 0.717) is 5.56 Å². The van der Waals surface area contributed by atoms with E-state index >= 15 is 0 Å². The molecule has 1 aromatic carbocycles. The summed E-state index contributed by atoms with van der Waals surface area (Å²) in [5, 5.41) is 9.25. The summed E-state index contributed by atoms with van der Waals surface area (Å²) in [5.41, 5.74) is 10.3. The van der Waals surface area contributed by atoms with E-state index in [1.165, 1.54) is 0 Å². The average molecular weight is 264 g/mol. The second-order valence-electron chi connectivity index (χ2n) is 5.13. The average Bonchev–Trinajstić information content (AvgIpc) is 2.36. The monoisotopic (exact) mass is 264 g/mol. The first kappa shape index (κ1) is 15.3. The number of carbonyl (C=O) groups is 2. The lowest BCUT2D eigenvalue weighted by Crippen LogP contribution is -2.58. The molecule has 1 rings (SSSR count). The summed E-state index contributed by atoms with van der Waals surface area (Å²) >= 11 is 0. The van der Waals surface area contributed by atoms with E-state index in [1.807, 2.05) is 13.8 Å². The molecule has 1 aromatic rings. The Bertz CT molecular complexity index is 459. The molecule has 1 unspecified atom stereocenters. The minimum atomic E-state index is -1.94. The van der Waals surface area contributed by atoms with Crippen molar-refractivity contribution in [1.82, 2.24) is 0 Å². The Labute approximate surface area is 112 Å². The van der Waals surface area contributed by atoms with Crippen LogP contribution in [0.15, 0.2) is 30.3 Å². The zero-order valence-corrected chi connectivity index (χ0v) is 11.2. The van der Waals surface area contributed by atoms with Crippen LogP contribution < -0.4 is 11.5 Å². The maximum atomic E-state index is 12.3. The van der Waals surface area contributed by atoms with Crippen molar-refractivity contribution in [2.75, 3.05) is 0 Å². The van der Waals surface area contributed by atoms with E-state index in [9.17, 15) is 14.7 Å². The number of hydrogen-bond acceptors (Lipinski definition) is 4. The Morgan fingerprint density at radius 1 is 1.26 bits per heavy atom. The summed E-state index contributed by atoms with van der Waals surface area (Å²) < 4.78 is 0. The van der Waals surface area contributed by atoms with Crippen molar-refractivity contribution >= 4 is 11.8 Å². The first-order valence-electron chi connectivity index (χ1n) is 6.16. The highest BCUT2D eigenvalue weighted by molar-refractivity contribution is 6.10. The second-order valence-corrected chi connectivity index (χ2v) is 5.13. The first-order valence-corrected chi connectivity index (χ1v) is 6.16. The van der Waals surface area contributed by atoms with Gasteiger partial charge in [0, 0.05) is 0 Å². The van der Waals surface area contributed by atoms with E-state index in [0.717, 1.165) is 0 Å². The lowest BCUT2D eigenvalue weighted by Gasteiger charge is -2.28. The van der Waals surface area contributed by atoms with Gasteiger partial charge in [-0.1, -0.05) is 44.2 Å². The number of rotatable bonds is 6. The fourth-order valence-electron chi connectivity index (χ4n) is 2.03. The van der Waals surface area contributed by atoms with Crippen molar-refractivity contribution in [1.29, 1.82) is 0 Å². The van der Waals surface area contributed by atoms with Gasteiger partial charge in [-0.15, -0.1) is 0 Å². The van der Waals surface area contributed by atoms with Gasteiger partial charge in [0.2, 0.25) is 0 Å². The molecule has 0 saturated carbocycles.